The fourth-order valence-corrected chi connectivity index (χ4v) is 7.98. The summed E-state index contributed by atoms with van der Waals surface area (Å²) in [6.07, 6.45) is 0. The van der Waals surface area contributed by atoms with Crippen molar-refractivity contribution in [1.29, 1.82) is 0 Å². The van der Waals surface area contributed by atoms with Crippen molar-refractivity contribution in [1.82, 2.24) is 0 Å². The van der Waals surface area contributed by atoms with E-state index in [0.717, 1.165) is 21.2 Å². The monoisotopic (exact) mass is 818 g/mol. The zero-order chi connectivity index (χ0) is 38.5. The van der Waals surface area contributed by atoms with E-state index in [0.29, 0.717) is 0 Å². The summed E-state index contributed by atoms with van der Waals surface area (Å²) in [7, 11) is 0. The van der Waals surface area contributed by atoms with Crippen LogP contribution in [0.3, 0.4) is 0 Å². The maximum Gasteiger partial charge on any atom is -0.172 e. The van der Waals surface area contributed by atoms with Gasteiger partial charge in [0.05, 0.1) is 0 Å². The van der Waals surface area contributed by atoms with Crippen molar-refractivity contribution in [2.24, 2.45) is 0 Å². The van der Waals surface area contributed by atoms with Crippen LogP contribution in [0, 0.1) is 0 Å². The van der Waals surface area contributed by atoms with Crippen molar-refractivity contribution in [3.8, 4) is 22.3 Å². The summed E-state index contributed by atoms with van der Waals surface area (Å²) in [5.41, 5.74) is 10.5. The topological polar surface area (TPSA) is 0 Å². The third kappa shape index (κ3) is 9.56. The SMILES string of the molecule is CC(C)(C)c1cc2c(cc1-c1ccccc1)[cH-]c1cc(-c3ccccc3)c(C(C)(C)C)cc12.Clc1cccc([C](=[Zr+2])c2cccc(Cl)c2)c1.c1cc[cH-]c1. The molecular weight excluding hydrogens is 775 g/mol. The quantitative estimate of drug-likeness (QED) is 0.155. The van der Waals surface area contributed by atoms with E-state index in [9.17, 15) is 0 Å². The third-order valence-corrected chi connectivity index (χ3v) is 11.4. The molecule has 8 rings (SSSR count). The van der Waals surface area contributed by atoms with Gasteiger partial charge in [-0.1, -0.05) is 114 Å². The Morgan fingerprint density at radius 1 is 0.481 bits per heavy atom. The van der Waals surface area contributed by atoms with Crippen molar-refractivity contribution < 1.29 is 24.2 Å². The van der Waals surface area contributed by atoms with Gasteiger partial charge in [-0.15, -0.1) is 39.7 Å². The Bertz CT molecular complexity index is 2300. The number of rotatable bonds is 4. The van der Waals surface area contributed by atoms with Gasteiger partial charge in [0.1, 0.15) is 0 Å². The Morgan fingerprint density at radius 2 is 0.889 bits per heavy atom. The normalized spacial score (nSPS) is 11.4. The van der Waals surface area contributed by atoms with Crippen LogP contribution in [-0.4, -0.2) is 3.21 Å². The molecule has 0 aliphatic heterocycles. The number of hydrogen-bond donors (Lipinski definition) is 0. The van der Waals surface area contributed by atoms with Crippen molar-refractivity contribution in [2.45, 2.75) is 52.4 Å². The van der Waals surface area contributed by atoms with E-state index in [1.54, 1.807) is 0 Å². The van der Waals surface area contributed by atoms with Crippen LogP contribution >= 0.6 is 23.2 Å². The summed E-state index contributed by atoms with van der Waals surface area (Å²) in [4.78, 5) is 0. The second-order valence-corrected chi connectivity index (χ2v) is 17.8. The van der Waals surface area contributed by atoms with E-state index in [-0.39, 0.29) is 10.8 Å². The first-order valence-corrected chi connectivity index (χ1v) is 20.4. The molecule has 0 bridgehead atoms. The minimum atomic E-state index is 0.0554. The molecule has 0 spiro atoms. The number of fused-ring (bicyclic) bond motifs is 3. The van der Waals surface area contributed by atoms with Crippen LogP contribution in [-0.2, 0) is 35.1 Å². The molecule has 0 amide bonds. The molecule has 268 valence electrons. The molecule has 54 heavy (non-hydrogen) atoms. The zero-order valence-corrected chi connectivity index (χ0v) is 35.9. The van der Waals surface area contributed by atoms with Crippen LogP contribution in [0.5, 0.6) is 0 Å². The van der Waals surface area contributed by atoms with E-state index < -0.39 is 0 Å². The first kappa shape index (κ1) is 39.6. The second kappa shape index (κ2) is 17.1. The molecule has 0 fully saturated rings. The fraction of sp³-hybridized carbons (Fsp3) is 0.157. The Labute approximate surface area is 346 Å². The van der Waals surface area contributed by atoms with Gasteiger partial charge >= 0.3 is 120 Å². The van der Waals surface area contributed by atoms with Crippen LogP contribution in [0.4, 0.5) is 0 Å². The van der Waals surface area contributed by atoms with E-state index in [2.05, 4.69) is 145 Å². The van der Waals surface area contributed by atoms with Crippen LogP contribution in [0.25, 0.3) is 43.8 Å². The zero-order valence-electron chi connectivity index (χ0n) is 31.9. The number of benzene rings is 6. The van der Waals surface area contributed by atoms with Crippen LogP contribution < -0.4 is 0 Å². The third-order valence-electron chi connectivity index (χ3n) is 9.55. The van der Waals surface area contributed by atoms with Gasteiger partial charge in [0.15, 0.2) is 0 Å². The first-order valence-electron chi connectivity index (χ1n) is 18.4. The summed E-state index contributed by atoms with van der Waals surface area (Å²) in [5, 5.41) is 6.89. The molecular formula is C51H46Cl2Zr. The molecule has 8 aromatic rings. The average Bonchev–Trinajstić information content (AvgIpc) is 3.86. The smallest absolute Gasteiger partial charge is 0.172 e. The van der Waals surface area contributed by atoms with E-state index in [1.807, 2.05) is 66.7 Å². The summed E-state index contributed by atoms with van der Waals surface area (Å²) >= 11 is 13.3. The van der Waals surface area contributed by atoms with Gasteiger partial charge in [0.25, 0.3) is 0 Å². The molecule has 0 radical (unpaired) electrons. The van der Waals surface area contributed by atoms with E-state index >= 15 is 0 Å². The number of halogens is 2. The van der Waals surface area contributed by atoms with Crippen LogP contribution in [0.15, 0.2) is 170 Å². The van der Waals surface area contributed by atoms with Crippen molar-refractivity contribution in [3.05, 3.63) is 202 Å². The van der Waals surface area contributed by atoms with Gasteiger partial charge in [-0.3, -0.25) is 0 Å². The van der Waals surface area contributed by atoms with Crippen molar-refractivity contribution in [2.75, 3.05) is 0 Å². The van der Waals surface area contributed by atoms with Crippen LogP contribution in [0.1, 0.15) is 63.8 Å². The summed E-state index contributed by atoms with van der Waals surface area (Å²) in [5.74, 6) is 0. The molecule has 0 aliphatic carbocycles. The Kier molecular flexibility index (Phi) is 12.5. The van der Waals surface area contributed by atoms with Crippen molar-refractivity contribution in [3.63, 3.8) is 0 Å². The number of hydrogen-bond acceptors (Lipinski definition) is 0. The Morgan fingerprint density at radius 3 is 1.22 bits per heavy atom. The molecule has 0 aromatic heterocycles. The van der Waals surface area contributed by atoms with Gasteiger partial charge in [0, 0.05) is 0 Å². The average molecular weight is 821 g/mol. The Balaban J connectivity index is 0.000000195. The largest absolute Gasteiger partial charge is 0.214 e. The van der Waals surface area contributed by atoms with Gasteiger partial charge in [-0.2, -0.15) is 18.2 Å². The van der Waals surface area contributed by atoms with Crippen LogP contribution in [0.2, 0.25) is 10.0 Å². The van der Waals surface area contributed by atoms with Gasteiger partial charge in [0.2, 0.25) is 0 Å². The minimum absolute atomic E-state index is 0.0554. The molecule has 0 N–H and O–H groups in total. The molecule has 8 aromatic carbocycles. The summed E-state index contributed by atoms with van der Waals surface area (Å²) in [6.45, 7) is 13.9. The van der Waals surface area contributed by atoms with E-state index in [4.69, 9.17) is 23.2 Å². The van der Waals surface area contributed by atoms with E-state index in [1.165, 1.54) is 82.4 Å². The molecule has 3 heteroatoms. The fourth-order valence-electron chi connectivity index (χ4n) is 6.84. The summed E-state index contributed by atoms with van der Waals surface area (Å²) in [6, 6.07) is 59.5. The standard InChI is InChI=1S/C33H33.C13H8Cl2.C5H5.Zr/c1-32(2,3)30-20-26-24(18-28(30)22-13-9-7-10-14-22)17-25-19-29(23-15-11-8-12-16-23)31(21-27(25)26)33(4,5)6;14-12-5-1-3-10(8-12)7-11-4-2-6-13(15)9-11;1-2-4-5-3-1;/h7-21H,1-6H3;1-6,8-9H;1-5H;/q-1;;-1;+2. The summed E-state index contributed by atoms with van der Waals surface area (Å²) < 4.78 is 1.26. The molecule has 0 saturated heterocycles. The molecule has 0 atom stereocenters. The maximum absolute atomic E-state index is 5.98. The molecule has 0 unspecified atom stereocenters. The minimum Gasteiger partial charge on any atom is -0.214 e. The van der Waals surface area contributed by atoms with Crippen molar-refractivity contribution >= 4 is 48.0 Å². The predicted octanol–water partition coefficient (Wildman–Crippen LogP) is 15.2. The van der Waals surface area contributed by atoms with Gasteiger partial charge in [-0.25, -0.2) is 12.1 Å². The Hall–Kier alpha value is -4.13. The predicted molar refractivity (Wildman–Crippen MR) is 233 cm³/mol. The maximum atomic E-state index is 5.98. The van der Waals surface area contributed by atoms with Gasteiger partial charge in [-0.05, 0) is 44.2 Å². The first-order chi connectivity index (χ1) is 25.8. The second-order valence-electron chi connectivity index (χ2n) is 15.7. The van der Waals surface area contributed by atoms with Gasteiger partial charge < -0.3 is 0 Å². The molecule has 0 aliphatic rings. The molecule has 0 saturated carbocycles. The molecule has 0 nitrogen and oxygen atoms in total. The molecule has 0 heterocycles.